The molecule has 0 spiro atoms. The zero-order valence-electron chi connectivity index (χ0n) is 19.4. The van der Waals surface area contributed by atoms with Crippen molar-refractivity contribution in [2.75, 3.05) is 0 Å². The first-order valence-electron chi connectivity index (χ1n) is 12.2. The Kier molecular flexibility index (Phi) is 10.1. The molecule has 0 atom stereocenters. The van der Waals surface area contributed by atoms with Crippen LogP contribution in [0.5, 0.6) is 0 Å². The third-order valence-electron chi connectivity index (χ3n) is 6.01. The maximum atomic E-state index is 2.35. The lowest BCUT2D eigenvalue weighted by Crippen LogP contribution is -1.90. The molecule has 1 aromatic heterocycles. The van der Waals surface area contributed by atoms with Gasteiger partial charge in [-0.3, -0.25) is 0 Å². The monoisotopic (exact) mass is 430 g/mol. The lowest BCUT2D eigenvalue weighted by atomic mass is 10.0. The van der Waals surface area contributed by atoms with Crippen LogP contribution >= 0.6 is 11.3 Å². The summed E-state index contributed by atoms with van der Waals surface area (Å²) < 4.78 is 0. The Morgan fingerprint density at radius 2 is 1.03 bits per heavy atom. The predicted molar refractivity (Wildman–Crippen MR) is 141 cm³/mol. The first-order chi connectivity index (χ1) is 15.3. The van der Waals surface area contributed by atoms with Gasteiger partial charge in [0.25, 0.3) is 0 Å². The second-order valence-corrected chi connectivity index (χ2v) is 9.54. The van der Waals surface area contributed by atoms with Crippen molar-refractivity contribution in [3.8, 4) is 0 Å². The average molecular weight is 431 g/mol. The minimum atomic E-state index is 1.31. The van der Waals surface area contributed by atoms with Gasteiger partial charge in [-0.25, -0.2) is 0 Å². The van der Waals surface area contributed by atoms with Gasteiger partial charge in [0.05, 0.1) is 0 Å². The Morgan fingerprint density at radius 3 is 1.52 bits per heavy atom. The van der Waals surface area contributed by atoms with Crippen molar-refractivity contribution < 1.29 is 0 Å². The van der Waals surface area contributed by atoms with E-state index in [0.717, 1.165) is 0 Å². The summed E-state index contributed by atoms with van der Waals surface area (Å²) in [5.41, 5.74) is 1.64. The van der Waals surface area contributed by atoms with Crippen molar-refractivity contribution in [2.45, 2.75) is 78.1 Å². The molecule has 0 saturated carbocycles. The van der Waals surface area contributed by atoms with E-state index in [0.29, 0.717) is 0 Å². The van der Waals surface area contributed by atoms with Crippen LogP contribution in [0.15, 0.2) is 72.1 Å². The van der Waals surface area contributed by atoms with Crippen molar-refractivity contribution in [1.82, 2.24) is 0 Å². The minimum Gasteiger partial charge on any atom is -0.149 e. The highest BCUT2D eigenvalue weighted by Crippen LogP contribution is 2.23. The van der Waals surface area contributed by atoms with Crippen molar-refractivity contribution in [1.29, 1.82) is 0 Å². The van der Waals surface area contributed by atoms with Gasteiger partial charge in [-0.1, -0.05) is 101 Å². The van der Waals surface area contributed by atoms with Crippen LogP contribution in [0, 0.1) is 0 Å². The SMILES string of the molecule is CCCCCCc1ccsc1CCCCCC.c1ccc2cc3ccccc3cc2c1. The maximum absolute atomic E-state index is 2.35. The third kappa shape index (κ3) is 7.51. The van der Waals surface area contributed by atoms with E-state index in [1.54, 1.807) is 10.4 Å². The highest BCUT2D eigenvalue weighted by molar-refractivity contribution is 7.10. The number of hydrogen-bond donors (Lipinski definition) is 0. The van der Waals surface area contributed by atoms with Gasteiger partial charge >= 0.3 is 0 Å². The summed E-state index contributed by atoms with van der Waals surface area (Å²) >= 11 is 1.97. The summed E-state index contributed by atoms with van der Waals surface area (Å²) in [6.45, 7) is 4.56. The van der Waals surface area contributed by atoms with E-state index in [4.69, 9.17) is 0 Å². The molecule has 4 rings (SSSR count). The Balaban J connectivity index is 0.000000178. The van der Waals surface area contributed by atoms with Crippen LogP contribution in [0.3, 0.4) is 0 Å². The van der Waals surface area contributed by atoms with E-state index < -0.39 is 0 Å². The maximum Gasteiger partial charge on any atom is 0.00772 e. The molecule has 0 amide bonds. The molecule has 0 aliphatic heterocycles. The van der Waals surface area contributed by atoms with Crippen molar-refractivity contribution in [2.24, 2.45) is 0 Å². The molecule has 0 aliphatic rings. The summed E-state index contributed by atoms with van der Waals surface area (Å²) in [4.78, 5) is 1.66. The highest BCUT2D eigenvalue weighted by Gasteiger charge is 2.04. The fourth-order valence-electron chi connectivity index (χ4n) is 4.15. The van der Waals surface area contributed by atoms with Gasteiger partial charge in [-0.2, -0.15) is 0 Å². The van der Waals surface area contributed by atoms with Gasteiger partial charge in [0.1, 0.15) is 0 Å². The molecule has 164 valence electrons. The number of fused-ring (bicyclic) bond motifs is 2. The molecule has 31 heavy (non-hydrogen) atoms. The van der Waals surface area contributed by atoms with Crippen molar-refractivity contribution in [3.05, 3.63) is 82.6 Å². The van der Waals surface area contributed by atoms with E-state index in [1.807, 2.05) is 11.3 Å². The molecule has 3 aromatic carbocycles. The normalized spacial score (nSPS) is 10.9. The molecule has 4 aromatic rings. The number of benzene rings is 3. The first-order valence-corrected chi connectivity index (χ1v) is 13.1. The Labute approximate surface area is 193 Å². The minimum absolute atomic E-state index is 1.31. The van der Waals surface area contributed by atoms with Crippen LogP contribution in [0.2, 0.25) is 0 Å². The van der Waals surface area contributed by atoms with Crippen molar-refractivity contribution >= 4 is 32.9 Å². The van der Waals surface area contributed by atoms with Gasteiger partial charge in [0.2, 0.25) is 0 Å². The fourth-order valence-corrected chi connectivity index (χ4v) is 5.13. The van der Waals surface area contributed by atoms with Crippen LogP contribution < -0.4 is 0 Å². The highest BCUT2D eigenvalue weighted by atomic mass is 32.1. The predicted octanol–water partition coefficient (Wildman–Crippen LogP) is 9.99. The quantitative estimate of drug-likeness (QED) is 0.173. The molecule has 1 heteroatoms. The summed E-state index contributed by atoms with van der Waals surface area (Å²) in [6, 6.07) is 23.8. The Hall–Kier alpha value is -2.12. The number of aryl methyl sites for hydroxylation is 2. The molecular formula is C30H38S. The Bertz CT molecular complexity index is 895. The van der Waals surface area contributed by atoms with Gasteiger partial charge in [-0.05, 0) is 76.4 Å². The van der Waals surface area contributed by atoms with Crippen LogP contribution in [-0.2, 0) is 12.8 Å². The molecule has 0 nitrogen and oxygen atoms in total. The molecular weight excluding hydrogens is 392 g/mol. The van der Waals surface area contributed by atoms with E-state index >= 15 is 0 Å². The van der Waals surface area contributed by atoms with Crippen LogP contribution in [-0.4, -0.2) is 0 Å². The van der Waals surface area contributed by atoms with Gasteiger partial charge in [0.15, 0.2) is 0 Å². The average Bonchev–Trinajstić information content (AvgIpc) is 3.26. The molecule has 0 radical (unpaired) electrons. The van der Waals surface area contributed by atoms with Gasteiger partial charge in [0, 0.05) is 4.88 Å². The summed E-state index contributed by atoms with van der Waals surface area (Å²) in [5, 5.41) is 7.53. The summed E-state index contributed by atoms with van der Waals surface area (Å²) in [7, 11) is 0. The van der Waals surface area contributed by atoms with Gasteiger partial charge in [-0.15, -0.1) is 11.3 Å². The molecule has 1 heterocycles. The number of hydrogen-bond acceptors (Lipinski definition) is 1. The number of rotatable bonds is 10. The molecule has 0 unspecified atom stereocenters. The molecule has 0 bridgehead atoms. The summed E-state index contributed by atoms with van der Waals surface area (Å²) in [6.07, 6.45) is 13.7. The lowest BCUT2D eigenvalue weighted by Gasteiger charge is -2.04. The standard InChI is InChI=1S/C16H28S.C14H10/c1-3-5-7-9-11-15-13-14-17-16(15)12-10-8-6-4-2;1-2-6-12-10-14-8-4-3-7-13(14)9-11(12)5-1/h13-14H,3-12H2,1-2H3;1-10H. The largest absolute Gasteiger partial charge is 0.149 e. The number of thiophene rings is 1. The zero-order valence-corrected chi connectivity index (χ0v) is 20.2. The van der Waals surface area contributed by atoms with E-state index in [1.165, 1.54) is 85.8 Å². The number of unbranched alkanes of at least 4 members (excludes halogenated alkanes) is 6. The second-order valence-electron chi connectivity index (χ2n) is 8.54. The fraction of sp³-hybridized carbons (Fsp3) is 0.400. The second kappa shape index (κ2) is 13.3. The topological polar surface area (TPSA) is 0 Å². The third-order valence-corrected chi connectivity index (χ3v) is 7.03. The lowest BCUT2D eigenvalue weighted by molar-refractivity contribution is 0.654. The zero-order chi connectivity index (χ0) is 21.7. The molecule has 0 saturated heterocycles. The summed E-state index contributed by atoms with van der Waals surface area (Å²) in [5.74, 6) is 0. The van der Waals surface area contributed by atoms with Crippen LogP contribution in [0.4, 0.5) is 0 Å². The smallest absolute Gasteiger partial charge is 0.00772 e. The molecule has 0 N–H and O–H groups in total. The molecule has 0 aliphatic carbocycles. The Morgan fingerprint density at radius 1 is 0.548 bits per heavy atom. The van der Waals surface area contributed by atoms with Gasteiger partial charge < -0.3 is 0 Å². The van der Waals surface area contributed by atoms with Crippen LogP contribution in [0.1, 0.15) is 75.7 Å². The molecule has 0 fully saturated rings. The van der Waals surface area contributed by atoms with E-state index in [-0.39, 0.29) is 0 Å². The van der Waals surface area contributed by atoms with Crippen LogP contribution in [0.25, 0.3) is 21.5 Å². The van der Waals surface area contributed by atoms with E-state index in [2.05, 4.69) is 86.0 Å². The van der Waals surface area contributed by atoms with Crippen molar-refractivity contribution in [3.63, 3.8) is 0 Å². The first kappa shape index (κ1) is 23.5. The van der Waals surface area contributed by atoms with E-state index in [9.17, 15) is 0 Å².